The minimum Gasteiger partial charge on any atom is -0.315 e. The van der Waals surface area contributed by atoms with Gasteiger partial charge in [0.2, 0.25) is 0 Å². The van der Waals surface area contributed by atoms with Crippen LogP contribution in [0.3, 0.4) is 0 Å². The van der Waals surface area contributed by atoms with Crippen LogP contribution in [0.25, 0.3) is 0 Å². The first-order chi connectivity index (χ1) is 7.49. The molecule has 1 heterocycles. The van der Waals surface area contributed by atoms with Gasteiger partial charge in [0.15, 0.2) is 0 Å². The van der Waals surface area contributed by atoms with Crippen molar-refractivity contribution in [3.8, 4) is 0 Å². The molecule has 1 N–H and O–H groups in total. The predicted molar refractivity (Wildman–Crippen MR) is 70.0 cm³/mol. The molecule has 2 nitrogen and oxygen atoms in total. The Hall–Kier alpha value is -0.410. The van der Waals surface area contributed by atoms with E-state index in [4.69, 9.17) is 4.98 Å². The Kier molecular flexibility index (Phi) is 3.36. The summed E-state index contributed by atoms with van der Waals surface area (Å²) in [5.41, 5.74) is 1.73. The third-order valence-corrected chi connectivity index (χ3v) is 3.83. The summed E-state index contributed by atoms with van der Waals surface area (Å²) in [6.45, 7) is 7.82. The standard InChI is InChI=1S/C13H22N2S/c1-13(2,3)7-11-15-12(9-5-6-9)10(16-11)8-14-4/h9,14H,5-8H2,1-4H3. The second kappa shape index (κ2) is 4.46. The first kappa shape index (κ1) is 12.1. The third kappa shape index (κ3) is 3.05. The normalized spacial score (nSPS) is 16.8. The molecule has 0 radical (unpaired) electrons. The maximum atomic E-state index is 4.85. The summed E-state index contributed by atoms with van der Waals surface area (Å²) >= 11 is 1.91. The minimum absolute atomic E-state index is 0.343. The average molecular weight is 238 g/mol. The van der Waals surface area contributed by atoms with Crippen LogP contribution < -0.4 is 5.32 Å². The Balaban J connectivity index is 2.17. The van der Waals surface area contributed by atoms with Gasteiger partial charge < -0.3 is 5.32 Å². The molecule has 16 heavy (non-hydrogen) atoms. The van der Waals surface area contributed by atoms with Gasteiger partial charge in [0.25, 0.3) is 0 Å². The molecule has 0 amide bonds. The van der Waals surface area contributed by atoms with E-state index in [0.717, 1.165) is 18.9 Å². The molecule has 1 aromatic rings. The molecule has 0 aliphatic heterocycles. The molecular formula is C13H22N2S. The van der Waals surface area contributed by atoms with Crippen molar-refractivity contribution < 1.29 is 0 Å². The smallest absolute Gasteiger partial charge is 0.0936 e. The average Bonchev–Trinajstić information content (AvgIpc) is 2.89. The molecular weight excluding hydrogens is 216 g/mol. The van der Waals surface area contributed by atoms with Crippen LogP contribution in [0.5, 0.6) is 0 Å². The molecule has 1 aliphatic carbocycles. The Morgan fingerprint density at radius 2 is 2.06 bits per heavy atom. The number of aromatic nitrogens is 1. The van der Waals surface area contributed by atoms with Crippen molar-refractivity contribution in [2.45, 2.75) is 52.5 Å². The first-order valence-corrected chi connectivity index (χ1v) is 6.94. The van der Waals surface area contributed by atoms with Crippen molar-refractivity contribution >= 4 is 11.3 Å². The lowest BCUT2D eigenvalue weighted by atomic mass is 9.93. The highest BCUT2D eigenvalue weighted by Crippen LogP contribution is 2.43. The molecule has 3 heteroatoms. The molecule has 0 bridgehead atoms. The van der Waals surface area contributed by atoms with E-state index in [1.54, 1.807) is 0 Å². The highest BCUT2D eigenvalue weighted by Gasteiger charge is 2.29. The molecule has 1 aliphatic rings. The van der Waals surface area contributed by atoms with Gasteiger partial charge in [-0.25, -0.2) is 4.98 Å². The van der Waals surface area contributed by atoms with Gasteiger partial charge in [0.05, 0.1) is 10.7 Å². The lowest BCUT2D eigenvalue weighted by Crippen LogP contribution is -2.08. The van der Waals surface area contributed by atoms with Crippen LogP contribution in [0.1, 0.15) is 55.1 Å². The van der Waals surface area contributed by atoms with Crippen LogP contribution >= 0.6 is 11.3 Å². The van der Waals surface area contributed by atoms with Gasteiger partial charge in [-0.15, -0.1) is 11.3 Å². The number of hydrogen-bond donors (Lipinski definition) is 1. The van der Waals surface area contributed by atoms with E-state index in [2.05, 4.69) is 26.1 Å². The van der Waals surface area contributed by atoms with Gasteiger partial charge in [0.1, 0.15) is 0 Å². The molecule has 90 valence electrons. The van der Waals surface area contributed by atoms with Gasteiger partial charge in [-0.3, -0.25) is 0 Å². The SMILES string of the molecule is CNCc1sc(CC(C)(C)C)nc1C1CC1. The molecule has 0 atom stereocenters. The van der Waals surface area contributed by atoms with Crippen molar-refractivity contribution in [3.05, 3.63) is 15.6 Å². The molecule has 0 spiro atoms. The third-order valence-electron chi connectivity index (χ3n) is 2.75. The first-order valence-electron chi connectivity index (χ1n) is 6.12. The second-order valence-corrected chi connectivity index (χ2v) is 7.13. The minimum atomic E-state index is 0.343. The van der Waals surface area contributed by atoms with Gasteiger partial charge in [-0.05, 0) is 25.3 Å². The molecule has 2 rings (SSSR count). The van der Waals surface area contributed by atoms with E-state index >= 15 is 0 Å². The Bertz CT molecular complexity index is 358. The van der Waals surface area contributed by atoms with Crippen LogP contribution in [-0.2, 0) is 13.0 Å². The van der Waals surface area contributed by atoms with Crippen molar-refractivity contribution in [2.75, 3.05) is 7.05 Å². The summed E-state index contributed by atoms with van der Waals surface area (Å²) in [6, 6.07) is 0. The zero-order valence-corrected chi connectivity index (χ0v) is 11.6. The van der Waals surface area contributed by atoms with Gasteiger partial charge >= 0.3 is 0 Å². The number of rotatable bonds is 4. The van der Waals surface area contributed by atoms with Crippen molar-refractivity contribution in [1.29, 1.82) is 0 Å². The summed E-state index contributed by atoms with van der Waals surface area (Å²) < 4.78 is 0. The molecule has 0 aromatic carbocycles. The van der Waals surface area contributed by atoms with Crippen LogP contribution in [0.4, 0.5) is 0 Å². The van der Waals surface area contributed by atoms with E-state index in [1.807, 2.05) is 18.4 Å². The van der Waals surface area contributed by atoms with Crippen LogP contribution in [-0.4, -0.2) is 12.0 Å². The highest BCUT2D eigenvalue weighted by atomic mass is 32.1. The van der Waals surface area contributed by atoms with E-state index in [9.17, 15) is 0 Å². The number of nitrogens with zero attached hydrogens (tertiary/aromatic N) is 1. The Morgan fingerprint density at radius 3 is 2.56 bits per heavy atom. The monoisotopic (exact) mass is 238 g/mol. The van der Waals surface area contributed by atoms with Crippen molar-refractivity contribution in [1.82, 2.24) is 10.3 Å². The summed E-state index contributed by atoms with van der Waals surface area (Å²) in [6.07, 6.45) is 3.78. The lowest BCUT2D eigenvalue weighted by molar-refractivity contribution is 0.410. The van der Waals surface area contributed by atoms with E-state index in [0.29, 0.717) is 5.41 Å². The zero-order chi connectivity index (χ0) is 11.8. The van der Waals surface area contributed by atoms with Gasteiger partial charge in [-0.2, -0.15) is 0 Å². The van der Waals surface area contributed by atoms with Crippen LogP contribution in [0.2, 0.25) is 0 Å². The van der Waals surface area contributed by atoms with Gasteiger partial charge in [-0.1, -0.05) is 20.8 Å². The van der Waals surface area contributed by atoms with Crippen molar-refractivity contribution in [2.24, 2.45) is 5.41 Å². The lowest BCUT2D eigenvalue weighted by Gasteiger charge is -2.15. The summed E-state index contributed by atoms with van der Waals surface area (Å²) in [5, 5.41) is 4.57. The fraction of sp³-hybridized carbons (Fsp3) is 0.769. The second-order valence-electron chi connectivity index (χ2n) is 5.96. The predicted octanol–water partition coefficient (Wildman–Crippen LogP) is 3.33. The number of thiazole rings is 1. The van der Waals surface area contributed by atoms with E-state index in [-0.39, 0.29) is 0 Å². The van der Waals surface area contributed by atoms with Crippen LogP contribution in [0, 0.1) is 5.41 Å². The maximum Gasteiger partial charge on any atom is 0.0936 e. The molecule has 1 saturated carbocycles. The zero-order valence-electron chi connectivity index (χ0n) is 10.8. The highest BCUT2D eigenvalue weighted by molar-refractivity contribution is 7.11. The Morgan fingerprint density at radius 1 is 1.38 bits per heavy atom. The number of hydrogen-bond acceptors (Lipinski definition) is 3. The largest absolute Gasteiger partial charge is 0.315 e. The number of nitrogens with one attached hydrogen (secondary N) is 1. The van der Waals surface area contributed by atoms with Crippen molar-refractivity contribution in [3.63, 3.8) is 0 Å². The summed E-state index contributed by atoms with van der Waals surface area (Å²) in [4.78, 5) is 6.32. The molecule has 0 unspecified atom stereocenters. The molecule has 1 fully saturated rings. The fourth-order valence-electron chi connectivity index (χ4n) is 1.91. The molecule has 0 saturated heterocycles. The topological polar surface area (TPSA) is 24.9 Å². The van der Waals surface area contributed by atoms with Crippen LogP contribution in [0.15, 0.2) is 0 Å². The van der Waals surface area contributed by atoms with E-state index in [1.165, 1.54) is 28.4 Å². The Labute approximate surface area is 102 Å². The quantitative estimate of drug-likeness (QED) is 0.870. The summed E-state index contributed by atoms with van der Waals surface area (Å²) in [5.74, 6) is 0.772. The van der Waals surface area contributed by atoms with Gasteiger partial charge in [0, 0.05) is 23.8 Å². The fourth-order valence-corrected chi connectivity index (χ4v) is 3.37. The molecule has 1 aromatic heterocycles. The van der Waals surface area contributed by atoms with E-state index < -0.39 is 0 Å². The summed E-state index contributed by atoms with van der Waals surface area (Å²) in [7, 11) is 2.01. The maximum absolute atomic E-state index is 4.85.